The van der Waals surface area contributed by atoms with Crippen LogP contribution in [-0.2, 0) is 44.8 Å². The second-order valence-corrected chi connectivity index (χ2v) is 13.3. The molecule has 3 aromatic rings. The number of hydrogen-bond donors (Lipinski definition) is 2. The summed E-state index contributed by atoms with van der Waals surface area (Å²) >= 11 is 0. The molecule has 0 radical (unpaired) electrons. The van der Waals surface area contributed by atoms with Crippen molar-refractivity contribution in [3.8, 4) is 11.5 Å². The largest absolute Gasteiger partial charge is 1.00 e. The Morgan fingerprint density at radius 3 is 1.82 bits per heavy atom. The van der Waals surface area contributed by atoms with E-state index in [0.717, 1.165) is 11.1 Å². The van der Waals surface area contributed by atoms with Gasteiger partial charge in [0.05, 0.1) is 18.8 Å². The molecular formula is C25H26Na3O14P3. The summed E-state index contributed by atoms with van der Waals surface area (Å²) in [6.45, 7) is -0.355. The minimum absolute atomic E-state index is 0. The van der Waals surface area contributed by atoms with Gasteiger partial charge in [0, 0.05) is 6.42 Å². The third-order valence-electron chi connectivity index (χ3n) is 5.84. The Hall–Kier alpha value is 0.590. The molecule has 1 aliphatic rings. The fourth-order valence-electron chi connectivity index (χ4n) is 3.97. The second-order valence-electron chi connectivity index (χ2n) is 9.04. The Morgan fingerprint density at radius 1 is 0.756 bits per heavy atom. The summed E-state index contributed by atoms with van der Waals surface area (Å²) in [5, 5.41) is 10.4. The van der Waals surface area contributed by atoms with Crippen molar-refractivity contribution in [1.29, 1.82) is 0 Å². The summed E-state index contributed by atoms with van der Waals surface area (Å²) in [6, 6.07) is 24.0. The van der Waals surface area contributed by atoms with E-state index in [1.807, 2.05) is 60.7 Å². The Bertz CT molecular complexity index is 1480. The predicted octanol–water partition coefficient (Wildman–Crippen LogP) is -6.51. The zero-order valence-electron chi connectivity index (χ0n) is 24.7. The third-order valence-corrected chi connectivity index (χ3v) is 9.53. The molecule has 2 N–H and O–H groups in total. The van der Waals surface area contributed by atoms with Gasteiger partial charge < -0.3 is 43.4 Å². The molecule has 0 aliphatic carbocycles. The van der Waals surface area contributed by atoms with Gasteiger partial charge in [0.15, 0.2) is 11.5 Å². The van der Waals surface area contributed by atoms with Crippen LogP contribution in [0.15, 0.2) is 78.9 Å². The quantitative estimate of drug-likeness (QED) is 0.118. The number of ether oxygens (including phenoxy) is 3. The molecule has 14 nitrogen and oxygen atoms in total. The molecule has 0 amide bonds. The third kappa shape index (κ3) is 14.9. The smallest absolute Gasteiger partial charge is 0.756 e. The molecule has 1 fully saturated rings. The Morgan fingerprint density at radius 2 is 1.29 bits per heavy atom. The molecule has 6 atom stereocenters. The van der Waals surface area contributed by atoms with Crippen molar-refractivity contribution in [2.24, 2.45) is 0 Å². The molecule has 0 aromatic heterocycles. The Labute approximate surface area is 326 Å². The number of phosphoric ester groups is 1. The number of aliphatic hydroxyl groups excluding tert-OH is 1. The molecule has 45 heavy (non-hydrogen) atoms. The van der Waals surface area contributed by atoms with Crippen LogP contribution in [0.4, 0.5) is 0 Å². The summed E-state index contributed by atoms with van der Waals surface area (Å²) in [7, 11) is -17.6. The predicted molar refractivity (Wildman–Crippen MR) is 139 cm³/mol. The monoisotopic (exact) mass is 712 g/mol. The normalized spacial score (nSPS) is 21.4. The van der Waals surface area contributed by atoms with Crippen LogP contribution < -0.4 is 113 Å². The average Bonchev–Trinajstić information content (AvgIpc) is 3.29. The van der Waals surface area contributed by atoms with E-state index in [-0.39, 0.29) is 108 Å². The minimum atomic E-state index is -6.04. The van der Waals surface area contributed by atoms with Crippen LogP contribution in [0.1, 0.15) is 29.2 Å². The van der Waals surface area contributed by atoms with Gasteiger partial charge >= 0.3 is 88.7 Å². The van der Waals surface area contributed by atoms with E-state index in [1.54, 1.807) is 18.2 Å². The summed E-state index contributed by atoms with van der Waals surface area (Å²) in [5.74, 6) is 0.851. The first-order valence-corrected chi connectivity index (χ1v) is 16.7. The van der Waals surface area contributed by atoms with E-state index in [1.165, 1.54) is 0 Å². The fraction of sp³-hybridized carbons (Fsp3) is 0.280. The van der Waals surface area contributed by atoms with Gasteiger partial charge in [-0.3, -0.25) is 13.7 Å². The first kappa shape index (κ1) is 43.6. The number of rotatable bonds is 14. The van der Waals surface area contributed by atoms with E-state index in [4.69, 9.17) is 19.1 Å². The summed E-state index contributed by atoms with van der Waals surface area (Å²) in [6.07, 6.45) is -3.18. The van der Waals surface area contributed by atoms with Gasteiger partial charge in [-0.1, -0.05) is 66.7 Å². The molecular weight excluding hydrogens is 686 g/mol. The van der Waals surface area contributed by atoms with E-state index < -0.39 is 48.4 Å². The minimum Gasteiger partial charge on any atom is -0.756 e. The van der Waals surface area contributed by atoms with Gasteiger partial charge in [0.2, 0.25) is 0 Å². The maximum atomic E-state index is 11.9. The Kier molecular flexibility index (Phi) is 19.1. The van der Waals surface area contributed by atoms with E-state index in [9.17, 15) is 33.5 Å². The summed E-state index contributed by atoms with van der Waals surface area (Å²) in [4.78, 5) is 42.3. The van der Waals surface area contributed by atoms with Crippen LogP contribution in [0.2, 0.25) is 0 Å². The van der Waals surface area contributed by atoms with Crippen LogP contribution in [-0.4, -0.2) is 28.8 Å². The molecule has 0 bridgehead atoms. The van der Waals surface area contributed by atoms with Crippen molar-refractivity contribution in [2.45, 2.75) is 37.9 Å². The molecule has 0 saturated carbocycles. The number of hydrogen-bond acceptors (Lipinski definition) is 13. The maximum Gasteiger partial charge on any atom is 1.00 e. The maximum absolute atomic E-state index is 11.9. The van der Waals surface area contributed by atoms with Crippen molar-refractivity contribution in [1.82, 2.24) is 0 Å². The molecule has 1 heterocycles. The molecule has 3 aromatic carbocycles. The zero-order valence-corrected chi connectivity index (χ0v) is 33.4. The first-order valence-electron chi connectivity index (χ1n) is 12.3. The van der Waals surface area contributed by atoms with Crippen molar-refractivity contribution >= 4 is 23.5 Å². The van der Waals surface area contributed by atoms with Crippen LogP contribution in [0.25, 0.3) is 0 Å². The van der Waals surface area contributed by atoms with E-state index >= 15 is 0 Å². The zero-order chi connectivity index (χ0) is 30.4. The van der Waals surface area contributed by atoms with Crippen LogP contribution in [0.3, 0.4) is 0 Å². The van der Waals surface area contributed by atoms with Crippen LogP contribution >= 0.6 is 23.5 Å². The Balaban J connectivity index is 0.00000337. The van der Waals surface area contributed by atoms with Crippen LogP contribution in [0, 0.1) is 0 Å². The van der Waals surface area contributed by atoms with Gasteiger partial charge in [-0.05, 0) is 28.8 Å². The number of benzene rings is 3. The molecule has 228 valence electrons. The van der Waals surface area contributed by atoms with Crippen molar-refractivity contribution in [2.75, 3.05) is 6.61 Å². The summed E-state index contributed by atoms with van der Waals surface area (Å²) in [5.41, 5.74) is 2.43. The molecule has 20 heteroatoms. The number of aliphatic hydroxyl groups is 1. The van der Waals surface area contributed by atoms with Gasteiger partial charge in [-0.15, -0.1) is 0 Å². The molecule has 1 aliphatic heterocycles. The molecule has 0 spiro atoms. The fourth-order valence-corrected chi connectivity index (χ4v) is 6.87. The number of phosphoric acid groups is 3. The van der Waals surface area contributed by atoms with Gasteiger partial charge in [-0.2, -0.15) is 0 Å². The summed E-state index contributed by atoms with van der Waals surface area (Å²) < 4.78 is 62.9. The van der Waals surface area contributed by atoms with Gasteiger partial charge in [-0.25, -0.2) is 8.62 Å². The van der Waals surface area contributed by atoms with E-state index in [2.05, 4.69) is 13.1 Å². The van der Waals surface area contributed by atoms with Crippen molar-refractivity contribution in [3.05, 3.63) is 95.6 Å². The molecule has 4 rings (SSSR count). The van der Waals surface area contributed by atoms with Gasteiger partial charge in [0.1, 0.15) is 19.3 Å². The molecule has 3 unspecified atom stereocenters. The molecule has 1 saturated heterocycles. The van der Waals surface area contributed by atoms with Crippen LogP contribution in [0.5, 0.6) is 11.5 Å². The standard InChI is InChI=1S/C25H29O14P3.3Na/c26-21-14-23(37-25(21)17-36-41(30,31)39-42(32,33)38-40(27,28)29)20-11-12-22(34-15-18-7-3-1-4-8-18)24(13-20)35-16-19-9-5-2-6-10-19;;;/h1-13,21,23,25-26H,14-17H2,(H,30,31)(H,32,33)(H2,27,28,29);;;/q;3*+1/p-3/t21-,23+,25+;;;/m0.../s1. The van der Waals surface area contributed by atoms with E-state index in [0.29, 0.717) is 17.1 Å². The van der Waals surface area contributed by atoms with Gasteiger partial charge in [0.25, 0.3) is 23.5 Å². The topological polar surface area (TPSA) is 216 Å². The van der Waals surface area contributed by atoms with Crippen molar-refractivity contribution < 1.29 is 154 Å². The SMILES string of the molecule is O=P([O-])(O)OP(=O)([O-])OP(=O)([O-])OC[C@H]1O[C@@H](c2ccc(OCc3ccccc3)c(OCc3ccccc3)c2)C[C@@H]1O.[Na+].[Na+].[Na+]. The second kappa shape index (κ2) is 19.7. The first-order chi connectivity index (χ1) is 19.8. The average molecular weight is 712 g/mol. The van der Waals surface area contributed by atoms with Crippen molar-refractivity contribution in [3.63, 3.8) is 0 Å².